The number of nitrogens with two attached hydrogens (primary N) is 1. The molecule has 11 nitrogen and oxygen atoms in total. The van der Waals surface area contributed by atoms with E-state index >= 15 is 0 Å². The molecular formula is C40H38Cl2F2N8O3. The molecule has 0 radical (unpaired) electrons. The van der Waals surface area contributed by atoms with Crippen molar-refractivity contribution < 1.29 is 23.5 Å². The van der Waals surface area contributed by atoms with Gasteiger partial charge in [-0.25, -0.2) is 18.7 Å². The molecule has 1 amide bonds. The topological polar surface area (TPSA) is 176 Å². The van der Waals surface area contributed by atoms with Crippen LogP contribution in [0, 0.1) is 34.3 Å². The molecule has 6 rings (SSSR count). The third-order valence-electron chi connectivity index (χ3n) is 8.50. The number of carboxylic acids is 1. The summed E-state index contributed by atoms with van der Waals surface area (Å²) < 4.78 is 31.0. The van der Waals surface area contributed by atoms with E-state index < -0.39 is 22.6 Å². The van der Waals surface area contributed by atoms with E-state index in [4.69, 9.17) is 44.6 Å². The second kappa shape index (κ2) is 18.0. The minimum Gasteiger partial charge on any atom is -0.480 e. The number of nitrogens with one attached hydrogen (secondary N) is 1. The average Bonchev–Trinajstić information content (AvgIpc) is 3.76. The number of aromatic nitrogens is 4. The third-order valence-corrected chi connectivity index (χ3v) is 9.11. The molecule has 55 heavy (non-hydrogen) atoms. The predicted octanol–water partition coefficient (Wildman–Crippen LogP) is 7.81. The molecule has 0 fully saturated rings. The van der Waals surface area contributed by atoms with Crippen molar-refractivity contribution in [3.05, 3.63) is 129 Å². The SMILES string of the molecule is CC(C)(C#N)c1ccc(CN)cc1F.CC(C)(C#N)c1ccc(CNC(=O)Cn2cnc3cccc(Cl)c32)cc1F.O=C(O)Cn1cnc2cccc(Cl)c21. The normalized spacial score (nSPS) is 11.1. The van der Waals surface area contributed by atoms with Gasteiger partial charge in [0.05, 0.1) is 67.7 Å². The lowest BCUT2D eigenvalue weighted by molar-refractivity contribution is -0.137. The Hall–Kier alpha value is -5.86. The van der Waals surface area contributed by atoms with E-state index in [0.29, 0.717) is 55.3 Å². The molecule has 0 unspecified atom stereocenters. The molecule has 6 aromatic rings. The van der Waals surface area contributed by atoms with Gasteiger partial charge in [0.15, 0.2) is 0 Å². The van der Waals surface area contributed by atoms with E-state index in [2.05, 4.69) is 27.4 Å². The number of amides is 1. The number of imidazole rings is 2. The number of fused-ring (bicyclic) bond motifs is 2. The maximum absolute atomic E-state index is 14.3. The van der Waals surface area contributed by atoms with E-state index in [1.807, 2.05) is 6.07 Å². The van der Waals surface area contributed by atoms with Crippen molar-refractivity contribution in [2.75, 3.05) is 0 Å². The number of carboxylic acid groups (broad SMARTS) is 1. The molecular weight excluding hydrogens is 749 g/mol. The molecule has 0 atom stereocenters. The fourth-order valence-electron chi connectivity index (χ4n) is 5.45. The van der Waals surface area contributed by atoms with Crippen molar-refractivity contribution in [3.8, 4) is 12.1 Å². The van der Waals surface area contributed by atoms with E-state index in [9.17, 15) is 18.4 Å². The molecule has 0 saturated carbocycles. The van der Waals surface area contributed by atoms with Gasteiger partial charge in [0, 0.05) is 24.2 Å². The number of hydrogen-bond donors (Lipinski definition) is 3. The summed E-state index contributed by atoms with van der Waals surface area (Å²) in [6, 6.07) is 24.2. The molecule has 284 valence electrons. The number of nitrogens with zero attached hydrogens (tertiary/aromatic N) is 6. The summed E-state index contributed by atoms with van der Waals surface area (Å²) >= 11 is 12.1. The summed E-state index contributed by atoms with van der Waals surface area (Å²) in [5.74, 6) is -1.97. The standard InChI is InChI=1S/C20H18ClFN4O.C11H13FN2.C9H7ClN2O2/c1-20(2,11-23)14-7-6-13(8-16(14)22)9-24-18(27)10-26-12-25-17-5-3-4-15(21)19(17)26;1-11(2,7-14)9-4-3-8(6-13)5-10(9)12;10-6-2-1-3-7-9(6)12(5-11-7)4-8(13)14/h3-8,12H,9-10H2,1-2H3,(H,24,27);3-5H,6,13H2,1-2H3;1-3,5H,4H2,(H,13,14). The molecule has 0 aliphatic carbocycles. The highest BCUT2D eigenvalue weighted by Crippen LogP contribution is 2.27. The molecule has 4 aromatic carbocycles. The summed E-state index contributed by atoms with van der Waals surface area (Å²) in [5.41, 5.74) is 8.56. The molecule has 0 spiro atoms. The van der Waals surface area contributed by atoms with Crippen LogP contribution < -0.4 is 11.1 Å². The lowest BCUT2D eigenvalue weighted by atomic mass is 9.85. The molecule has 0 aliphatic heterocycles. The molecule has 15 heteroatoms. The zero-order valence-electron chi connectivity index (χ0n) is 30.4. The Morgan fingerprint density at radius 2 is 1.24 bits per heavy atom. The van der Waals surface area contributed by atoms with Crippen LogP contribution in [0.15, 0.2) is 85.5 Å². The number of carbonyl (C=O) groups excluding carboxylic acids is 1. The van der Waals surface area contributed by atoms with Crippen LogP contribution in [0.25, 0.3) is 22.1 Å². The van der Waals surface area contributed by atoms with Crippen LogP contribution in [-0.4, -0.2) is 36.1 Å². The molecule has 2 aromatic heterocycles. The molecule has 2 heterocycles. The maximum Gasteiger partial charge on any atom is 0.323 e. The number of halogens is 4. The zero-order valence-corrected chi connectivity index (χ0v) is 32.0. The fourth-order valence-corrected chi connectivity index (χ4v) is 6.01. The second-order valence-corrected chi connectivity index (χ2v) is 14.3. The molecule has 0 saturated heterocycles. The van der Waals surface area contributed by atoms with Crippen LogP contribution >= 0.6 is 23.2 Å². The van der Waals surface area contributed by atoms with Gasteiger partial charge in [-0.2, -0.15) is 10.5 Å². The van der Waals surface area contributed by atoms with E-state index in [-0.39, 0.29) is 31.4 Å². The van der Waals surface area contributed by atoms with Crippen LogP contribution in [0.5, 0.6) is 0 Å². The monoisotopic (exact) mass is 786 g/mol. The van der Waals surface area contributed by atoms with Gasteiger partial charge in [0.2, 0.25) is 5.91 Å². The Kier molecular flexibility index (Phi) is 13.7. The van der Waals surface area contributed by atoms with Crippen LogP contribution in [0.2, 0.25) is 10.0 Å². The maximum atomic E-state index is 14.3. The summed E-state index contributed by atoms with van der Waals surface area (Å²) in [6.07, 6.45) is 3.04. The number of hydrogen-bond acceptors (Lipinski definition) is 7. The van der Waals surface area contributed by atoms with Crippen LogP contribution in [0.1, 0.15) is 49.9 Å². The first-order chi connectivity index (χ1) is 26.0. The van der Waals surface area contributed by atoms with Crippen molar-refractivity contribution >= 4 is 57.1 Å². The van der Waals surface area contributed by atoms with Crippen molar-refractivity contribution in [2.24, 2.45) is 5.73 Å². The fraction of sp³-hybridized carbons (Fsp3) is 0.250. The quantitative estimate of drug-likeness (QED) is 0.133. The number of para-hydroxylation sites is 2. The van der Waals surface area contributed by atoms with E-state index in [1.54, 1.807) is 93.2 Å². The van der Waals surface area contributed by atoms with E-state index in [1.165, 1.54) is 23.0 Å². The Bertz CT molecular complexity index is 2430. The van der Waals surface area contributed by atoms with Gasteiger partial charge in [0.1, 0.15) is 24.7 Å². The molecule has 0 aliphatic rings. The van der Waals surface area contributed by atoms with Gasteiger partial charge in [-0.05, 0) is 75.2 Å². The number of carbonyl (C=O) groups is 2. The first-order valence-electron chi connectivity index (χ1n) is 16.8. The lowest BCUT2D eigenvalue weighted by Gasteiger charge is -2.17. The second-order valence-electron chi connectivity index (χ2n) is 13.4. The number of rotatable bonds is 9. The van der Waals surface area contributed by atoms with Crippen LogP contribution in [0.4, 0.5) is 8.78 Å². The van der Waals surface area contributed by atoms with Crippen molar-refractivity contribution in [1.82, 2.24) is 24.4 Å². The molecule has 0 bridgehead atoms. The summed E-state index contributed by atoms with van der Waals surface area (Å²) in [7, 11) is 0. The predicted molar refractivity (Wildman–Crippen MR) is 207 cm³/mol. The lowest BCUT2D eigenvalue weighted by Crippen LogP contribution is -2.27. The van der Waals surface area contributed by atoms with Crippen LogP contribution in [-0.2, 0) is 46.6 Å². The van der Waals surface area contributed by atoms with Gasteiger partial charge in [0.25, 0.3) is 0 Å². The Balaban J connectivity index is 0.000000202. The third kappa shape index (κ3) is 10.4. The highest BCUT2D eigenvalue weighted by Gasteiger charge is 2.24. The minimum atomic E-state index is -0.913. The minimum absolute atomic E-state index is 0.0578. The van der Waals surface area contributed by atoms with Gasteiger partial charge >= 0.3 is 5.97 Å². The van der Waals surface area contributed by atoms with Gasteiger partial charge in [-0.1, -0.05) is 59.6 Å². The van der Waals surface area contributed by atoms with Gasteiger partial charge < -0.3 is 25.3 Å². The Labute approximate surface area is 326 Å². The van der Waals surface area contributed by atoms with Crippen molar-refractivity contribution in [1.29, 1.82) is 10.5 Å². The molecule has 4 N–H and O–H groups in total. The Morgan fingerprint density at radius 1 is 0.782 bits per heavy atom. The number of nitriles is 2. The number of aliphatic carboxylic acids is 1. The first kappa shape index (κ1) is 41.9. The van der Waals surface area contributed by atoms with Crippen LogP contribution in [0.3, 0.4) is 0 Å². The summed E-state index contributed by atoms with van der Waals surface area (Å²) in [5, 5.41) is 30.4. The van der Waals surface area contributed by atoms with E-state index in [0.717, 1.165) is 5.56 Å². The first-order valence-corrected chi connectivity index (χ1v) is 17.5. The van der Waals surface area contributed by atoms with Crippen molar-refractivity contribution in [3.63, 3.8) is 0 Å². The zero-order chi connectivity index (χ0) is 40.5. The number of benzene rings is 4. The summed E-state index contributed by atoms with van der Waals surface area (Å²) in [6.45, 7) is 7.12. The van der Waals surface area contributed by atoms with Gasteiger partial charge in [-0.3, -0.25) is 9.59 Å². The highest BCUT2D eigenvalue weighted by atomic mass is 35.5. The largest absolute Gasteiger partial charge is 0.480 e. The smallest absolute Gasteiger partial charge is 0.323 e. The summed E-state index contributed by atoms with van der Waals surface area (Å²) in [4.78, 5) is 31.1. The highest BCUT2D eigenvalue weighted by molar-refractivity contribution is 6.35. The Morgan fingerprint density at radius 3 is 1.67 bits per heavy atom. The average molecular weight is 788 g/mol. The van der Waals surface area contributed by atoms with Crippen molar-refractivity contribution in [2.45, 2.75) is 64.7 Å². The van der Waals surface area contributed by atoms with Gasteiger partial charge in [-0.15, -0.1) is 0 Å².